The molecule has 1 aromatic carbocycles. The molecule has 1 fully saturated rings. The quantitative estimate of drug-likeness (QED) is 0.651. The van der Waals surface area contributed by atoms with E-state index in [2.05, 4.69) is 25.6 Å². The third-order valence-corrected chi connectivity index (χ3v) is 5.10. The summed E-state index contributed by atoms with van der Waals surface area (Å²) in [5, 5.41) is 12.0. The van der Waals surface area contributed by atoms with Crippen molar-refractivity contribution in [2.45, 2.75) is 19.3 Å². The predicted octanol–water partition coefficient (Wildman–Crippen LogP) is 3.01. The summed E-state index contributed by atoms with van der Waals surface area (Å²) in [4.78, 5) is 11.8. The minimum absolute atomic E-state index is 0.615. The van der Waals surface area contributed by atoms with Crippen LogP contribution in [-0.4, -0.2) is 57.9 Å². The van der Waals surface area contributed by atoms with Gasteiger partial charge in [0, 0.05) is 25.8 Å². The molecule has 4 rings (SSSR count). The number of likely N-dealkylation sites (tertiary alicyclic amines) is 1. The molecule has 2 aromatic heterocycles. The van der Waals surface area contributed by atoms with E-state index in [1.807, 2.05) is 31.3 Å². The summed E-state index contributed by atoms with van der Waals surface area (Å²) in [5.41, 5.74) is 1.73. The highest BCUT2D eigenvalue weighted by Crippen LogP contribution is 2.26. The van der Waals surface area contributed by atoms with Gasteiger partial charge < -0.3 is 20.3 Å². The van der Waals surface area contributed by atoms with Crippen LogP contribution in [-0.2, 0) is 7.05 Å². The fraction of sp³-hybridized carbons (Fsp3) is 0.450. The molecule has 0 saturated carbocycles. The molecule has 28 heavy (non-hydrogen) atoms. The lowest BCUT2D eigenvalue weighted by molar-refractivity contribution is 0.237. The molecular weight excluding hydrogens is 354 g/mol. The molecule has 0 aliphatic carbocycles. The smallest absolute Gasteiger partial charge is 0.226 e. The maximum absolute atomic E-state index is 5.23. The first kappa shape index (κ1) is 18.5. The second kappa shape index (κ2) is 8.43. The molecule has 3 aromatic rings. The maximum Gasteiger partial charge on any atom is 0.226 e. The van der Waals surface area contributed by atoms with Crippen LogP contribution in [0.1, 0.15) is 19.3 Å². The Morgan fingerprint density at radius 3 is 2.61 bits per heavy atom. The van der Waals surface area contributed by atoms with Crippen LogP contribution < -0.4 is 15.4 Å². The van der Waals surface area contributed by atoms with Crippen molar-refractivity contribution in [3.8, 4) is 5.75 Å². The molecule has 0 unspecified atom stereocenters. The third-order valence-electron chi connectivity index (χ3n) is 5.10. The fourth-order valence-corrected chi connectivity index (χ4v) is 3.52. The molecule has 0 spiro atoms. The van der Waals surface area contributed by atoms with Gasteiger partial charge in [0.1, 0.15) is 11.6 Å². The number of fused-ring (bicyclic) bond motifs is 1. The zero-order chi connectivity index (χ0) is 19.3. The van der Waals surface area contributed by atoms with E-state index in [1.165, 1.54) is 32.4 Å². The summed E-state index contributed by atoms with van der Waals surface area (Å²) in [6.45, 7) is 4.21. The van der Waals surface area contributed by atoms with E-state index in [4.69, 9.17) is 9.72 Å². The standard InChI is InChI=1S/C20H27N7O/c1-26-19-17(14-22-26)18(23-15-6-8-16(28-2)9-7-15)24-20(25-19)21-10-13-27-11-4-3-5-12-27/h6-9,14H,3-5,10-13H2,1-2H3,(H2,21,23,24,25). The largest absolute Gasteiger partial charge is 0.497 e. The molecule has 8 heteroatoms. The Morgan fingerprint density at radius 2 is 1.86 bits per heavy atom. The summed E-state index contributed by atoms with van der Waals surface area (Å²) in [5.74, 6) is 2.17. The number of benzene rings is 1. The number of hydrogen-bond acceptors (Lipinski definition) is 7. The van der Waals surface area contributed by atoms with Gasteiger partial charge in [0.2, 0.25) is 5.95 Å². The topological polar surface area (TPSA) is 80.1 Å². The van der Waals surface area contributed by atoms with Crippen LogP contribution in [0.15, 0.2) is 30.5 Å². The van der Waals surface area contributed by atoms with Crippen molar-refractivity contribution in [1.29, 1.82) is 0 Å². The van der Waals surface area contributed by atoms with Crippen LogP contribution in [0, 0.1) is 0 Å². The normalized spacial score (nSPS) is 14.9. The Labute approximate surface area is 164 Å². The first-order valence-corrected chi connectivity index (χ1v) is 9.80. The van der Waals surface area contributed by atoms with E-state index in [0.29, 0.717) is 5.95 Å². The first-order chi connectivity index (χ1) is 13.7. The zero-order valence-corrected chi connectivity index (χ0v) is 16.5. The Morgan fingerprint density at radius 1 is 1.07 bits per heavy atom. The van der Waals surface area contributed by atoms with Crippen LogP contribution in [0.25, 0.3) is 11.0 Å². The Bertz CT molecular complexity index is 916. The SMILES string of the molecule is COc1ccc(Nc2nc(NCCN3CCCCC3)nc3c2cnn3C)cc1. The summed E-state index contributed by atoms with van der Waals surface area (Å²) in [6.07, 6.45) is 5.74. The summed E-state index contributed by atoms with van der Waals surface area (Å²) in [6, 6.07) is 7.77. The van der Waals surface area contributed by atoms with Gasteiger partial charge in [-0.2, -0.15) is 15.1 Å². The average Bonchev–Trinajstić information content (AvgIpc) is 3.11. The van der Waals surface area contributed by atoms with Crippen molar-refractivity contribution in [2.24, 2.45) is 7.05 Å². The number of methoxy groups -OCH3 is 1. The number of ether oxygens (including phenoxy) is 1. The van der Waals surface area contributed by atoms with Crippen molar-refractivity contribution < 1.29 is 4.74 Å². The Balaban J connectivity index is 1.51. The van der Waals surface area contributed by atoms with Gasteiger partial charge in [-0.3, -0.25) is 4.68 Å². The number of rotatable bonds is 7. The Hall–Kier alpha value is -2.87. The highest BCUT2D eigenvalue weighted by Gasteiger charge is 2.13. The van der Waals surface area contributed by atoms with Gasteiger partial charge in [0.15, 0.2) is 5.65 Å². The zero-order valence-electron chi connectivity index (χ0n) is 16.5. The number of nitrogens with zero attached hydrogens (tertiary/aromatic N) is 5. The van der Waals surface area contributed by atoms with Gasteiger partial charge in [-0.05, 0) is 50.2 Å². The van der Waals surface area contributed by atoms with E-state index < -0.39 is 0 Å². The summed E-state index contributed by atoms with van der Waals surface area (Å²) < 4.78 is 7.00. The number of nitrogens with one attached hydrogen (secondary N) is 2. The molecule has 0 amide bonds. The number of hydrogen-bond donors (Lipinski definition) is 2. The van der Waals surface area contributed by atoms with Crippen LogP contribution in [0.5, 0.6) is 5.75 Å². The highest BCUT2D eigenvalue weighted by atomic mass is 16.5. The maximum atomic E-state index is 5.23. The van der Waals surface area contributed by atoms with Gasteiger partial charge in [0.25, 0.3) is 0 Å². The lowest BCUT2D eigenvalue weighted by Gasteiger charge is -2.26. The van der Waals surface area contributed by atoms with Crippen molar-refractivity contribution >= 4 is 28.5 Å². The van der Waals surface area contributed by atoms with Crippen molar-refractivity contribution in [3.63, 3.8) is 0 Å². The third kappa shape index (κ3) is 4.17. The van der Waals surface area contributed by atoms with E-state index in [9.17, 15) is 0 Å². The van der Waals surface area contributed by atoms with Crippen molar-refractivity contribution in [1.82, 2.24) is 24.6 Å². The summed E-state index contributed by atoms with van der Waals surface area (Å²) >= 11 is 0. The van der Waals surface area contributed by atoms with E-state index in [1.54, 1.807) is 18.0 Å². The average molecular weight is 381 g/mol. The monoisotopic (exact) mass is 381 g/mol. The molecule has 2 N–H and O–H groups in total. The van der Waals surface area contributed by atoms with E-state index in [-0.39, 0.29) is 0 Å². The van der Waals surface area contributed by atoms with Crippen LogP contribution in [0.2, 0.25) is 0 Å². The summed E-state index contributed by atoms with van der Waals surface area (Å²) in [7, 11) is 3.55. The predicted molar refractivity (Wildman–Crippen MR) is 111 cm³/mol. The van der Waals surface area contributed by atoms with Crippen molar-refractivity contribution in [3.05, 3.63) is 30.5 Å². The molecule has 8 nitrogen and oxygen atoms in total. The highest BCUT2D eigenvalue weighted by molar-refractivity contribution is 5.89. The number of aryl methyl sites for hydroxylation is 1. The van der Waals surface area contributed by atoms with Gasteiger partial charge in [-0.15, -0.1) is 0 Å². The molecule has 3 heterocycles. The Kier molecular flexibility index (Phi) is 5.57. The molecule has 1 saturated heterocycles. The molecule has 1 aliphatic rings. The number of aromatic nitrogens is 4. The van der Waals surface area contributed by atoms with Gasteiger partial charge in [-0.25, -0.2) is 0 Å². The second-order valence-corrected chi connectivity index (χ2v) is 7.08. The minimum Gasteiger partial charge on any atom is -0.497 e. The molecule has 1 aliphatic heterocycles. The van der Waals surface area contributed by atoms with Crippen LogP contribution in [0.4, 0.5) is 17.5 Å². The molecule has 148 valence electrons. The molecule has 0 radical (unpaired) electrons. The lowest BCUT2D eigenvalue weighted by Crippen LogP contribution is -2.33. The van der Waals surface area contributed by atoms with E-state index >= 15 is 0 Å². The lowest BCUT2D eigenvalue weighted by atomic mass is 10.1. The number of anilines is 3. The molecule has 0 bridgehead atoms. The minimum atomic E-state index is 0.615. The van der Waals surface area contributed by atoms with Crippen LogP contribution >= 0.6 is 0 Å². The van der Waals surface area contributed by atoms with Gasteiger partial charge >= 0.3 is 0 Å². The van der Waals surface area contributed by atoms with Crippen molar-refractivity contribution in [2.75, 3.05) is 43.9 Å². The second-order valence-electron chi connectivity index (χ2n) is 7.08. The van der Waals surface area contributed by atoms with E-state index in [0.717, 1.165) is 41.4 Å². The van der Waals surface area contributed by atoms with Gasteiger partial charge in [-0.1, -0.05) is 6.42 Å². The molecular formula is C20H27N7O. The fourth-order valence-electron chi connectivity index (χ4n) is 3.52. The van der Waals surface area contributed by atoms with Gasteiger partial charge in [0.05, 0.1) is 18.7 Å². The first-order valence-electron chi connectivity index (χ1n) is 9.80. The number of piperidine rings is 1. The molecule has 0 atom stereocenters. The van der Waals surface area contributed by atoms with Crippen LogP contribution in [0.3, 0.4) is 0 Å².